The van der Waals surface area contributed by atoms with Crippen LogP contribution in [0, 0.1) is 10.1 Å². The summed E-state index contributed by atoms with van der Waals surface area (Å²) in [5.41, 5.74) is -1.15. The van der Waals surface area contributed by atoms with Crippen LogP contribution in [0.15, 0.2) is 11.0 Å². The smallest absolute Gasteiger partial charge is 0.376 e. The molecule has 1 rings (SSSR count). The summed E-state index contributed by atoms with van der Waals surface area (Å²) in [6.07, 6.45) is -3.27. The molecule has 1 aromatic rings. The van der Waals surface area contributed by atoms with Crippen molar-refractivity contribution < 1.29 is 26.9 Å². The molecule has 0 aliphatic heterocycles. The maximum atomic E-state index is 12.6. The lowest BCUT2D eigenvalue weighted by Crippen LogP contribution is -2.15. The first-order valence-corrected chi connectivity index (χ1v) is 5.77. The van der Waals surface area contributed by atoms with Gasteiger partial charge in [0, 0.05) is 4.98 Å². The second-order valence-corrected chi connectivity index (χ2v) is 4.54. The van der Waals surface area contributed by atoms with Gasteiger partial charge in [-0.1, -0.05) is 0 Å². The van der Waals surface area contributed by atoms with E-state index in [1.165, 1.54) is 0 Å². The number of ether oxygens (including phenoxy) is 1. The quantitative estimate of drug-likeness (QED) is 0.636. The Labute approximate surface area is 99.6 Å². The van der Waals surface area contributed by atoms with E-state index >= 15 is 0 Å². The fraction of sp³-hybridized carbons (Fsp3) is 0.286. The van der Waals surface area contributed by atoms with Crippen molar-refractivity contribution in [2.75, 3.05) is 7.11 Å². The summed E-state index contributed by atoms with van der Waals surface area (Å²) in [7, 11) is -3.41. The van der Waals surface area contributed by atoms with Crippen LogP contribution in [0.25, 0.3) is 0 Å². The molecule has 2 N–H and O–H groups in total. The van der Waals surface area contributed by atoms with Crippen LogP contribution in [0.5, 0.6) is 5.88 Å². The van der Waals surface area contributed by atoms with Crippen molar-refractivity contribution in [2.24, 2.45) is 5.14 Å². The SMILES string of the molecule is COc1nc([N+](=O)[O-])c(C(F)F)cc1S(N)(=O)=O. The third-order valence-corrected chi connectivity index (χ3v) is 2.78. The van der Waals surface area contributed by atoms with Crippen molar-refractivity contribution >= 4 is 15.8 Å². The Kier molecular flexibility index (Phi) is 3.76. The second-order valence-electron chi connectivity index (χ2n) is 3.01. The number of methoxy groups -OCH3 is 1. The van der Waals surface area contributed by atoms with E-state index in [-0.39, 0.29) is 0 Å². The number of rotatable bonds is 4. The van der Waals surface area contributed by atoms with Gasteiger partial charge in [-0.25, -0.2) is 22.3 Å². The fourth-order valence-electron chi connectivity index (χ4n) is 1.14. The number of aromatic nitrogens is 1. The zero-order valence-electron chi connectivity index (χ0n) is 8.83. The molecule has 0 aliphatic carbocycles. The van der Waals surface area contributed by atoms with Crippen molar-refractivity contribution in [1.82, 2.24) is 4.98 Å². The van der Waals surface area contributed by atoms with Gasteiger partial charge >= 0.3 is 11.7 Å². The largest absolute Gasteiger partial charge is 0.462 e. The summed E-state index contributed by atoms with van der Waals surface area (Å²) >= 11 is 0. The van der Waals surface area contributed by atoms with Crippen molar-refractivity contribution in [3.63, 3.8) is 0 Å². The lowest BCUT2D eigenvalue weighted by molar-refractivity contribution is -0.391. The van der Waals surface area contributed by atoms with Gasteiger partial charge in [0.15, 0.2) is 4.90 Å². The molecule has 11 heteroatoms. The lowest BCUT2D eigenvalue weighted by Gasteiger charge is -2.06. The zero-order chi connectivity index (χ0) is 14.1. The van der Waals surface area contributed by atoms with Gasteiger partial charge in [0.05, 0.1) is 7.11 Å². The highest BCUT2D eigenvalue weighted by atomic mass is 32.2. The fourth-order valence-corrected chi connectivity index (χ4v) is 1.80. The Balaban J connectivity index is 3.68. The maximum absolute atomic E-state index is 12.6. The molecule has 0 fully saturated rings. The van der Waals surface area contributed by atoms with Crippen LogP contribution in [0.4, 0.5) is 14.6 Å². The third-order valence-electron chi connectivity index (χ3n) is 1.87. The molecule has 18 heavy (non-hydrogen) atoms. The van der Waals surface area contributed by atoms with Crippen molar-refractivity contribution in [3.05, 3.63) is 21.7 Å². The first-order chi connectivity index (χ1) is 8.18. The van der Waals surface area contributed by atoms with Gasteiger partial charge in [0.1, 0.15) is 5.56 Å². The molecule has 0 bridgehead atoms. The van der Waals surface area contributed by atoms with E-state index in [9.17, 15) is 27.3 Å². The van der Waals surface area contributed by atoms with Crippen LogP contribution in [0.3, 0.4) is 0 Å². The number of alkyl halides is 2. The van der Waals surface area contributed by atoms with E-state index in [4.69, 9.17) is 5.14 Å². The third kappa shape index (κ3) is 2.68. The Morgan fingerprint density at radius 1 is 1.56 bits per heavy atom. The number of pyridine rings is 1. The zero-order valence-corrected chi connectivity index (χ0v) is 9.65. The Bertz CT molecular complexity index is 589. The van der Waals surface area contributed by atoms with E-state index in [0.717, 1.165) is 7.11 Å². The Morgan fingerprint density at radius 2 is 2.11 bits per heavy atom. The molecule has 0 amide bonds. The van der Waals surface area contributed by atoms with Crippen LogP contribution in [-0.2, 0) is 10.0 Å². The summed E-state index contributed by atoms with van der Waals surface area (Å²) in [5.74, 6) is -1.90. The number of hydrogen-bond acceptors (Lipinski definition) is 6. The average molecular weight is 283 g/mol. The van der Waals surface area contributed by atoms with Crippen LogP contribution in [0.1, 0.15) is 12.0 Å². The van der Waals surface area contributed by atoms with Gasteiger partial charge in [0.25, 0.3) is 6.43 Å². The number of halogens is 2. The number of nitrogens with zero attached hydrogens (tertiary/aromatic N) is 2. The highest BCUT2D eigenvalue weighted by Crippen LogP contribution is 2.33. The molecular formula is C7H7F2N3O5S. The molecule has 0 aromatic carbocycles. The molecular weight excluding hydrogens is 276 g/mol. The van der Waals surface area contributed by atoms with Gasteiger partial charge in [-0.3, -0.25) is 0 Å². The highest BCUT2D eigenvalue weighted by Gasteiger charge is 2.31. The van der Waals surface area contributed by atoms with Gasteiger partial charge in [-0.05, 0) is 11.0 Å². The minimum atomic E-state index is -4.39. The number of primary sulfonamides is 1. The van der Waals surface area contributed by atoms with E-state index in [1.807, 2.05) is 0 Å². The molecule has 1 heterocycles. The van der Waals surface area contributed by atoms with Crippen molar-refractivity contribution in [1.29, 1.82) is 0 Å². The number of hydrogen-bond donors (Lipinski definition) is 1. The number of sulfonamides is 1. The Morgan fingerprint density at radius 3 is 2.44 bits per heavy atom. The summed E-state index contributed by atoms with van der Waals surface area (Å²) in [5, 5.41) is 15.3. The second kappa shape index (κ2) is 4.78. The minimum Gasteiger partial charge on any atom is -0.462 e. The van der Waals surface area contributed by atoms with Crippen LogP contribution in [-0.4, -0.2) is 25.4 Å². The lowest BCUT2D eigenvalue weighted by atomic mass is 10.2. The monoisotopic (exact) mass is 283 g/mol. The number of nitro groups is 1. The van der Waals surface area contributed by atoms with Crippen LogP contribution in [0.2, 0.25) is 0 Å². The number of nitrogens with two attached hydrogens (primary N) is 1. The summed E-state index contributed by atoms with van der Waals surface area (Å²) in [4.78, 5) is 11.6. The Hall–Kier alpha value is -1.88. The molecule has 8 nitrogen and oxygen atoms in total. The predicted octanol–water partition coefficient (Wildman–Crippen LogP) is 0.583. The van der Waals surface area contributed by atoms with E-state index in [0.29, 0.717) is 6.07 Å². The summed E-state index contributed by atoms with van der Waals surface area (Å²) < 4.78 is 51.8. The first-order valence-electron chi connectivity index (χ1n) is 4.22. The average Bonchev–Trinajstić information content (AvgIpc) is 2.25. The molecule has 0 saturated carbocycles. The summed E-state index contributed by atoms with van der Waals surface area (Å²) in [6, 6.07) is 0.379. The minimum absolute atomic E-state index is 0.379. The molecule has 0 atom stereocenters. The predicted molar refractivity (Wildman–Crippen MR) is 53.8 cm³/mol. The van der Waals surface area contributed by atoms with Gasteiger partial charge in [-0.2, -0.15) is 0 Å². The van der Waals surface area contributed by atoms with E-state index in [2.05, 4.69) is 9.72 Å². The first kappa shape index (κ1) is 14.2. The topological polar surface area (TPSA) is 125 Å². The molecule has 1 aromatic heterocycles. The molecule has 0 radical (unpaired) electrons. The maximum Gasteiger partial charge on any atom is 0.376 e. The molecule has 0 unspecified atom stereocenters. The van der Waals surface area contributed by atoms with Gasteiger partial charge < -0.3 is 14.9 Å². The molecule has 0 aliphatic rings. The standard InChI is InChI=1S/C7H7F2N3O5S/c1-17-7-4(18(10,15)16)2-3(5(8)9)6(11-7)12(13)14/h2,5H,1H3,(H2,10,15,16). The van der Waals surface area contributed by atoms with Crippen LogP contribution >= 0.6 is 0 Å². The molecule has 100 valence electrons. The van der Waals surface area contributed by atoms with Crippen molar-refractivity contribution in [3.8, 4) is 5.88 Å². The highest BCUT2D eigenvalue weighted by molar-refractivity contribution is 7.89. The van der Waals surface area contributed by atoms with Crippen LogP contribution < -0.4 is 9.88 Å². The van der Waals surface area contributed by atoms with E-state index in [1.54, 1.807) is 0 Å². The normalized spacial score (nSPS) is 11.6. The van der Waals surface area contributed by atoms with Gasteiger partial charge in [0.2, 0.25) is 10.0 Å². The summed E-state index contributed by atoms with van der Waals surface area (Å²) in [6.45, 7) is 0. The molecule has 0 spiro atoms. The van der Waals surface area contributed by atoms with E-state index < -0.39 is 43.5 Å². The van der Waals surface area contributed by atoms with Crippen molar-refractivity contribution in [2.45, 2.75) is 11.3 Å². The molecule has 0 saturated heterocycles. The van der Waals surface area contributed by atoms with Gasteiger partial charge in [-0.15, -0.1) is 0 Å².